The summed E-state index contributed by atoms with van der Waals surface area (Å²) in [6.07, 6.45) is 0.132. The zero-order chi connectivity index (χ0) is 15.1. The van der Waals surface area contributed by atoms with E-state index in [4.69, 9.17) is 10.00 Å². The highest BCUT2D eigenvalue weighted by Crippen LogP contribution is 2.13. The fourth-order valence-electron chi connectivity index (χ4n) is 1.71. The molecule has 21 heavy (non-hydrogen) atoms. The molecular formula is C16H13FN2O2. The van der Waals surface area contributed by atoms with Crippen LogP contribution in [0.15, 0.2) is 48.5 Å². The van der Waals surface area contributed by atoms with E-state index in [2.05, 4.69) is 5.32 Å². The van der Waals surface area contributed by atoms with Gasteiger partial charge in [-0.05, 0) is 30.3 Å². The summed E-state index contributed by atoms with van der Waals surface area (Å²) in [6, 6.07) is 14.4. The summed E-state index contributed by atoms with van der Waals surface area (Å²) in [5.74, 6) is -0.235. The molecule has 0 spiro atoms. The molecule has 0 heterocycles. The van der Waals surface area contributed by atoms with Gasteiger partial charge in [0, 0.05) is 11.8 Å². The number of nitrogens with zero attached hydrogens (tertiary/aromatic N) is 1. The normalized spacial score (nSPS) is 9.71. The van der Waals surface area contributed by atoms with E-state index in [0.717, 1.165) is 0 Å². The molecule has 1 N–H and O–H groups in total. The van der Waals surface area contributed by atoms with E-state index in [0.29, 0.717) is 17.0 Å². The molecule has 0 aliphatic heterocycles. The molecule has 0 unspecified atom stereocenters. The summed E-state index contributed by atoms with van der Waals surface area (Å²) in [7, 11) is 0. The smallest absolute Gasteiger partial charge is 0.227 e. The number of ether oxygens (including phenoxy) is 1. The highest BCUT2D eigenvalue weighted by molar-refractivity contribution is 5.90. The number of carbonyl (C=O) groups is 1. The van der Waals surface area contributed by atoms with Crippen LogP contribution in [0.3, 0.4) is 0 Å². The second kappa shape index (κ2) is 7.06. The van der Waals surface area contributed by atoms with E-state index < -0.39 is 0 Å². The average molecular weight is 284 g/mol. The van der Waals surface area contributed by atoms with Gasteiger partial charge in [-0.15, -0.1) is 0 Å². The van der Waals surface area contributed by atoms with Crippen LogP contribution in [-0.4, -0.2) is 12.5 Å². The molecule has 2 aromatic rings. The molecule has 5 heteroatoms. The van der Waals surface area contributed by atoms with Crippen molar-refractivity contribution < 1.29 is 13.9 Å². The summed E-state index contributed by atoms with van der Waals surface area (Å²) in [5, 5.41) is 11.4. The van der Waals surface area contributed by atoms with Crippen molar-refractivity contribution in [1.29, 1.82) is 5.26 Å². The van der Waals surface area contributed by atoms with Crippen molar-refractivity contribution in [1.82, 2.24) is 0 Å². The lowest BCUT2D eigenvalue weighted by Gasteiger charge is -2.07. The Morgan fingerprint density at radius 1 is 1.24 bits per heavy atom. The van der Waals surface area contributed by atoms with Crippen LogP contribution in [0.2, 0.25) is 0 Å². The van der Waals surface area contributed by atoms with Gasteiger partial charge in [0.05, 0.1) is 24.7 Å². The van der Waals surface area contributed by atoms with E-state index in [-0.39, 0.29) is 24.8 Å². The molecule has 0 aliphatic carbocycles. The predicted octanol–water partition coefficient (Wildman–Crippen LogP) is 3.10. The quantitative estimate of drug-likeness (QED) is 0.917. The molecule has 0 saturated heterocycles. The van der Waals surface area contributed by atoms with Gasteiger partial charge in [0.1, 0.15) is 11.6 Å². The van der Waals surface area contributed by atoms with Crippen LogP contribution in [-0.2, 0) is 4.79 Å². The van der Waals surface area contributed by atoms with Gasteiger partial charge in [-0.1, -0.05) is 12.1 Å². The number of amides is 1. The van der Waals surface area contributed by atoms with Gasteiger partial charge in [0.2, 0.25) is 5.91 Å². The highest BCUT2D eigenvalue weighted by Gasteiger charge is 2.04. The fraction of sp³-hybridized carbons (Fsp3) is 0.125. The van der Waals surface area contributed by atoms with Gasteiger partial charge in [-0.25, -0.2) is 4.39 Å². The highest BCUT2D eigenvalue weighted by atomic mass is 19.1. The maximum atomic E-state index is 12.9. The number of halogens is 1. The predicted molar refractivity (Wildman–Crippen MR) is 76.3 cm³/mol. The number of nitriles is 1. The maximum absolute atomic E-state index is 12.9. The second-order valence-electron chi connectivity index (χ2n) is 4.30. The summed E-state index contributed by atoms with van der Waals surface area (Å²) in [5.41, 5.74) is 1.04. The Labute approximate surface area is 121 Å². The Morgan fingerprint density at radius 2 is 2.05 bits per heavy atom. The van der Waals surface area contributed by atoms with Crippen molar-refractivity contribution in [2.45, 2.75) is 6.42 Å². The first kappa shape index (κ1) is 14.5. The van der Waals surface area contributed by atoms with Gasteiger partial charge in [-0.2, -0.15) is 5.26 Å². The van der Waals surface area contributed by atoms with E-state index in [1.54, 1.807) is 30.3 Å². The molecule has 4 nitrogen and oxygen atoms in total. The monoisotopic (exact) mass is 284 g/mol. The fourth-order valence-corrected chi connectivity index (χ4v) is 1.71. The molecule has 0 radical (unpaired) electrons. The molecule has 106 valence electrons. The minimum atomic E-state index is -0.384. The number of nitrogens with one attached hydrogen (secondary N) is 1. The second-order valence-corrected chi connectivity index (χ2v) is 4.30. The Kier molecular flexibility index (Phi) is 4.89. The van der Waals surface area contributed by atoms with Crippen molar-refractivity contribution in [2.75, 3.05) is 11.9 Å². The molecule has 0 fully saturated rings. The molecule has 2 rings (SSSR count). The zero-order valence-corrected chi connectivity index (χ0v) is 11.2. The Balaban J connectivity index is 1.81. The Hall–Kier alpha value is -2.87. The van der Waals surface area contributed by atoms with E-state index in [1.165, 1.54) is 18.2 Å². The van der Waals surface area contributed by atoms with Crippen molar-refractivity contribution in [3.8, 4) is 11.8 Å². The van der Waals surface area contributed by atoms with Crippen LogP contribution in [0, 0.1) is 17.1 Å². The van der Waals surface area contributed by atoms with Crippen molar-refractivity contribution >= 4 is 11.6 Å². The van der Waals surface area contributed by atoms with E-state index in [9.17, 15) is 9.18 Å². The Bertz CT molecular complexity index is 680. The van der Waals surface area contributed by atoms with Gasteiger partial charge in [0.25, 0.3) is 0 Å². The molecule has 0 aliphatic rings. The number of benzene rings is 2. The number of rotatable bonds is 5. The van der Waals surface area contributed by atoms with E-state index in [1.807, 2.05) is 6.07 Å². The number of anilines is 1. The molecule has 2 aromatic carbocycles. The Morgan fingerprint density at radius 3 is 2.81 bits per heavy atom. The minimum absolute atomic E-state index is 0.132. The topological polar surface area (TPSA) is 62.1 Å². The van der Waals surface area contributed by atoms with Gasteiger partial charge in [0.15, 0.2) is 0 Å². The summed E-state index contributed by atoms with van der Waals surface area (Å²) in [4.78, 5) is 11.7. The molecular weight excluding hydrogens is 271 g/mol. The molecule has 1 amide bonds. The van der Waals surface area contributed by atoms with Crippen LogP contribution in [0.1, 0.15) is 12.0 Å². The molecule has 0 aromatic heterocycles. The van der Waals surface area contributed by atoms with Crippen molar-refractivity contribution in [2.24, 2.45) is 0 Å². The summed E-state index contributed by atoms with van der Waals surface area (Å²) >= 11 is 0. The molecule has 0 atom stereocenters. The third-order valence-electron chi connectivity index (χ3n) is 2.67. The maximum Gasteiger partial charge on any atom is 0.227 e. The van der Waals surface area contributed by atoms with Gasteiger partial charge >= 0.3 is 0 Å². The van der Waals surface area contributed by atoms with Gasteiger partial charge in [-0.3, -0.25) is 4.79 Å². The number of hydrogen-bond donors (Lipinski definition) is 1. The molecule has 0 bridgehead atoms. The summed E-state index contributed by atoms with van der Waals surface area (Å²) < 4.78 is 18.2. The van der Waals surface area contributed by atoms with Crippen LogP contribution in [0.25, 0.3) is 0 Å². The van der Waals surface area contributed by atoms with Crippen molar-refractivity contribution in [3.05, 3.63) is 59.9 Å². The van der Waals surface area contributed by atoms with E-state index >= 15 is 0 Å². The average Bonchev–Trinajstić information content (AvgIpc) is 2.47. The van der Waals surface area contributed by atoms with Gasteiger partial charge < -0.3 is 10.1 Å². The van der Waals surface area contributed by atoms with Crippen LogP contribution >= 0.6 is 0 Å². The van der Waals surface area contributed by atoms with Crippen molar-refractivity contribution in [3.63, 3.8) is 0 Å². The standard InChI is InChI=1S/C16H13FN2O2/c17-13-4-2-6-15(10-13)21-8-7-16(20)19-14-5-1-3-12(9-14)11-18/h1-6,9-10H,7-8H2,(H,19,20). The first-order valence-electron chi connectivity index (χ1n) is 6.36. The largest absolute Gasteiger partial charge is 0.493 e. The van der Waals surface area contributed by atoms with Crippen LogP contribution in [0.4, 0.5) is 10.1 Å². The zero-order valence-electron chi connectivity index (χ0n) is 11.2. The van der Waals surface area contributed by atoms with Crippen LogP contribution < -0.4 is 10.1 Å². The number of carbonyl (C=O) groups excluding carboxylic acids is 1. The lowest BCUT2D eigenvalue weighted by molar-refractivity contribution is -0.116. The molecule has 0 saturated carbocycles. The third-order valence-corrected chi connectivity index (χ3v) is 2.67. The lowest BCUT2D eigenvalue weighted by atomic mass is 10.2. The third kappa shape index (κ3) is 4.62. The first-order chi connectivity index (χ1) is 10.2. The van der Waals surface area contributed by atoms with Crippen LogP contribution in [0.5, 0.6) is 5.75 Å². The lowest BCUT2D eigenvalue weighted by Crippen LogP contribution is -2.15. The summed E-state index contributed by atoms with van der Waals surface area (Å²) in [6.45, 7) is 0.146. The SMILES string of the molecule is N#Cc1cccc(NC(=O)CCOc2cccc(F)c2)c1. The first-order valence-corrected chi connectivity index (χ1v) is 6.36. The minimum Gasteiger partial charge on any atom is -0.493 e. The number of hydrogen-bond acceptors (Lipinski definition) is 3.